The highest BCUT2D eigenvalue weighted by molar-refractivity contribution is 5.77. The lowest BCUT2D eigenvalue weighted by Crippen LogP contribution is -2.01. The van der Waals surface area contributed by atoms with Crippen molar-refractivity contribution in [1.29, 1.82) is 0 Å². The van der Waals surface area contributed by atoms with Gasteiger partial charge in [0.1, 0.15) is 5.75 Å². The van der Waals surface area contributed by atoms with E-state index in [4.69, 9.17) is 0 Å². The van der Waals surface area contributed by atoms with Gasteiger partial charge in [-0.3, -0.25) is 4.68 Å². The van der Waals surface area contributed by atoms with Crippen molar-refractivity contribution in [3.8, 4) is 17.0 Å². The van der Waals surface area contributed by atoms with Crippen LogP contribution in [0.4, 0.5) is 0 Å². The molecule has 1 aromatic heterocycles. The van der Waals surface area contributed by atoms with Crippen molar-refractivity contribution in [3.63, 3.8) is 0 Å². The number of benzene rings is 1. The van der Waals surface area contributed by atoms with Gasteiger partial charge >= 0.3 is 0 Å². The zero-order chi connectivity index (χ0) is 14.5. The molecule has 0 spiro atoms. The molecule has 0 atom stereocenters. The zero-order valence-electron chi connectivity index (χ0n) is 12.8. The van der Waals surface area contributed by atoms with E-state index in [1.807, 2.05) is 25.6 Å². The van der Waals surface area contributed by atoms with Gasteiger partial charge in [-0.2, -0.15) is 5.10 Å². The van der Waals surface area contributed by atoms with Crippen molar-refractivity contribution < 1.29 is 5.11 Å². The van der Waals surface area contributed by atoms with E-state index in [0.717, 1.165) is 39.2 Å². The first-order chi connectivity index (χ1) is 8.77. The van der Waals surface area contributed by atoms with E-state index in [9.17, 15) is 5.11 Å². The standard InChI is InChI=1S/C16H22N2O/c1-8-9(2)11(4)16(19)14(10(8)3)15-12(5)13(6)17-18(15)7/h19H,1-7H3. The minimum atomic E-state index is 0.381. The maximum atomic E-state index is 10.6. The Balaban J connectivity index is 2.91. The van der Waals surface area contributed by atoms with Crippen LogP contribution in [0.5, 0.6) is 5.75 Å². The summed E-state index contributed by atoms with van der Waals surface area (Å²) in [5, 5.41) is 15.0. The first-order valence-electron chi connectivity index (χ1n) is 6.57. The van der Waals surface area contributed by atoms with Crippen LogP contribution in [0.15, 0.2) is 0 Å². The molecule has 2 rings (SSSR count). The summed E-state index contributed by atoms with van der Waals surface area (Å²) < 4.78 is 1.86. The summed E-state index contributed by atoms with van der Waals surface area (Å²) in [7, 11) is 1.93. The van der Waals surface area contributed by atoms with Crippen molar-refractivity contribution in [3.05, 3.63) is 33.5 Å². The molecule has 0 aliphatic carbocycles. The number of rotatable bonds is 1. The highest BCUT2D eigenvalue weighted by atomic mass is 16.3. The number of phenolic OH excluding ortho intramolecular Hbond substituents is 1. The summed E-state index contributed by atoms with van der Waals surface area (Å²) in [4.78, 5) is 0. The lowest BCUT2D eigenvalue weighted by molar-refractivity contribution is 0.471. The lowest BCUT2D eigenvalue weighted by Gasteiger charge is -2.18. The molecule has 102 valence electrons. The van der Waals surface area contributed by atoms with Gasteiger partial charge in [0.25, 0.3) is 0 Å². The van der Waals surface area contributed by atoms with Crippen molar-refractivity contribution in [2.75, 3.05) is 0 Å². The highest BCUT2D eigenvalue weighted by Gasteiger charge is 2.21. The van der Waals surface area contributed by atoms with E-state index in [2.05, 4.69) is 32.8 Å². The summed E-state index contributed by atoms with van der Waals surface area (Å²) in [5.41, 5.74) is 8.55. The quantitative estimate of drug-likeness (QED) is 0.848. The molecule has 0 fully saturated rings. The van der Waals surface area contributed by atoms with Gasteiger partial charge in [-0.05, 0) is 69.4 Å². The molecule has 1 aromatic carbocycles. The molecule has 0 unspecified atom stereocenters. The molecule has 0 aliphatic rings. The third kappa shape index (κ3) is 1.84. The Morgan fingerprint density at radius 3 is 1.79 bits per heavy atom. The molecule has 1 N–H and O–H groups in total. The maximum Gasteiger partial charge on any atom is 0.128 e. The third-order valence-corrected chi connectivity index (χ3v) is 4.41. The molecule has 0 bridgehead atoms. The van der Waals surface area contributed by atoms with E-state index in [0.29, 0.717) is 5.75 Å². The maximum absolute atomic E-state index is 10.6. The average Bonchev–Trinajstić information content (AvgIpc) is 2.61. The Morgan fingerprint density at radius 1 is 0.789 bits per heavy atom. The Kier molecular flexibility index (Phi) is 3.17. The van der Waals surface area contributed by atoms with E-state index in [-0.39, 0.29) is 0 Å². The topological polar surface area (TPSA) is 38.0 Å². The SMILES string of the molecule is Cc1nn(C)c(-c2c(C)c(C)c(C)c(C)c2O)c1C. The summed E-state index contributed by atoms with van der Waals surface area (Å²) >= 11 is 0. The van der Waals surface area contributed by atoms with Gasteiger partial charge in [-0.25, -0.2) is 0 Å². The molecule has 3 heteroatoms. The fraction of sp³-hybridized carbons (Fsp3) is 0.438. The number of aromatic nitrogens is 2. The summed E-state index contributed by atoms with van der Waals surface area (Å²) in [6.07, 6.45) is 0. The number of hydrogen-bond donors (Lipinski definition) is 1. The molecule has 0 amide bonds. The van der Waals surface area contributed by atoms with Crippen LogP contribution in [0, 0.1) is 41.5 Å². The third-order valence-electron chi connectivity index (χ3n) is 4.41. The molecule has 1 heterocycles. The van der Waals surface area contributed by atoms with Crippen LogP contribution >= 0.6 is 0 Å². The zero-order valence-corrected chi connectivity index (χ0v) is 12.8. The fourth-order valence-corrected chi connectivity index (χ4v) is 2.70. The van der Waals surface area contributed by atoms with Gasteiger partial charge in [0.15, 0.2) is 0 Å². The average molecular weight is 258 g/mol. The van der Waals surface area contributed by atoms with Crippen LogP contribution in [0.2, 0.25) is 0 Å². The molecule has 0 aliphatic heterocycles. The van der Waals surface area contributed by atoms with Crippen LogP contribution in [-0.4, -0.2) is 14.9 Å². The predicted octanol–water partition coefficient (Wildman–Crippen LogP) is 3.64. The van der Waals surface area contributed by atoms with E-state index >= 15 is 0 Å². The normalized spacial score (nSPS) is 11.1. The van der Waals surface area contributed by atoms with Crippen LogP contribution in [-0.2, 0) is 7.05 Å². The monoisotopic (exact) mass is 258 g/mol. The van der Waals surface area contributed by atoms with E-state index in [1.54, 1.807) is 0 Å². The van der Waals surface area contributed by atoms with Gasteiger partial charge in [-0.1, -0.05) is 0 Å². The molecular formula is C16H22N2O. The Bertz CT molecular complexity index is 637. The fourth-order valence-electron chi connectivity index (χ4n) is 2.70. The van der Waals surface area contributed by atoms with E-state index < -0.39 is 0 Å². The largest absolute Gasteiger partial charge is 0.507 e. The van der Waals surface area contributed by atoms with Gasteiger partial charge < -0.3 is 5.11 Å². The first-order valence-corrected chi connectivity index (χ1v) is 6.57. The summed E-state index contributed by atoms with van der Waals surface area (Å²) in [6.45, 7) is 12.3. The number of phenols is 1. The number of hydrogen-bond acceptors (Lipinski definition) is 2. The number of nitrogens with zero attached hydrogens (tertiary/aromatic N) is 2. The Morgan fingerprint density at radius 2 is 1.32 bits per heavy atom. The van der Waals surface area contributed by atoms with Gasteiger partial charge in [-0.15, -0.1) is 0 Å². The minimum absolute atomic E-state index is 0.381. The molecule has 2 aromatic rings. The summed E-state index contributed by atoms with van der Waals surface area (Å²) in [6, 6.07) is 0. The number of aromatic hydroxyl groups is 1. The van der Waals surface area contributed by atoms with E-state index in [1.165, 1.54) is 5.56 Å². The number of aryl methyl sites for hydroxylation is 2. The molecular weight excluding hydrogens is 236 g/mol. The molecule has 19 heavy (non-hydrogen) atoms. The van der Waals surface area contributed by atoms with Gasteiger partial charge in [0.2, 0.25) is 0 Å². The van der Waals surface area contributed by atoms with Crippen molar-refractivity contribution in [2.45, 2.75) is 41.5 Å². The van der Waals surface area contributed by atoms with Gasteiger partial charge in [0, 0.05) is 12.6 Å². The Hall–Kier alpha value is -1.77. The molecule has 0 saturated heterocycles. The van der Waals surface area contributed by atoms with Crippen LogP contribution in [0.3, 0.4) is 0 Å². The first kappa shape index (κ1) is 13.7. The Labute approximate surface area is 114 Å². The van der Waals surface area contributed by atoms with Crippen molar-refractivity contribution in [2.24, 2.45) is 7.05 Å². The predicted molar refractivity (Wildman–Crippen MR) is 78.7 cm³/mol. The van der Waals surface area contributed by atoms with Crippen LogP contribution in [0.25, 0.3) is 11.3 Å². The highest BCUT2D eigenvalue weighted by Crippen LogP contribution is 2.40. The smallest absolute Gasteiger partial charge is 0.128 e. The van der Waals surface area contributed by atoms with Gasteiger partial charge in [0.05, 0.1) is 11.4 Å². The second-order valence-electron chi connectivity index (χ2n) is 5.41. The molecule has 3 nitrogen and oxygen atoms in total. The van der Waals surface area contributed by atoms with Crippen molar-refractivity contribution >= 4 is 0 Å². The lowest BCUT2D eigenvalue weighted by atomic mass is 9.90. The minimum Gasteiger partial charge on any atom is -0.507 e. The van der Waals surface area contributed by atoms with Crippen molar-refractivity contribution in [1.82, 2.24) is 9.78 Å². The van der Waals surface area contributed by atoms with Crippen LogP contribution in [0.1, 0.15) is 33.5 Å². The molecule has 0 radical (unpaired) electrons. The summed E-state index contributed by atoms with van der Waals surface area (Å²) in [5.74, 6) is 0.381. The second kappa shape index (κ2) is 4.41. The van der Waals surface area contributed by atoms with Crippen LogP contribution < -0.4 is 0 Å². The second-order valence-corrected chi connectivity index (χ2v) is 5.41. The molecule has 0 saturated carbocycles.